The van der Waals surface area contributed by atoms with Crippen molar-refractivity contribution in [3.8, 4) is 0 Å². The fourth-order valence-corrected chi connectivity index (χ4v) is 1.21. The van der Waals surface area contributed by atoms with E-state index in [1.54, 1.807) is 20.8 Å². The lowest BCUT2D eigenvalue weighted by atomic mass is 9.92. The first-order valence-electron chi connectivity index (χ1n) is 3.97. The van der Waals surface area contributed by atoms with Gasteiger partial charge in [0.1, 0.15) is 0 Å². The monoisotopic (exact) mass is 247 g/mol. The highest BCUT2D eigenvalue weighted by molar-refractivity contribution is 7.90. The van der Waals surface area contributed by atoms with Gasteiger partial charge >= 0.3 is 15.5 Å². The van der Waals surface area contributed by atoms with Crippen LogP contribution >= 0.6 is 0 Å². The van der Waals surface area contributed by atoms with Crippen LogP contribution in [0.4, 0.5) is 13.2 Å². The van der Waals surface area contributed by atoms with Gasteiger partial charge < -0.3 is 0 Å². The SMILES string of the molecule is CC(C)(C)CC(=O)NS(=O)(=O)C(F)(F)F. The second-order valence-corrected chi connectivity index (χ2v) is 5.89. The molecule has 0 aliphatic heterocycles. The molecule has 1 amide bonds. The fourth-order valence-electron chi connectivity index (χ4n) is 0.725. The van der Waals surface area contributed by atoms with Gasteiger partial charge in [0.05, 0.1) is 0 Å². The summed E-state index contributed by atoms with van der Waals surface area (Å²) < 4.78 is 57.4. The Bertz CT molecular complexity index is 339. The Labute approximate surface area is 85.9 Å². The number of hydrogen-bond donors (Lipinski definition) is 1. The van der Waals surface area contributed by atoms with Gasteiger partial charge in [-0.3, -0.25) is 4.79 Å². The average molecular weight is 247 g/mol. The summed E-state index contributed by atoms with van der Waals surface area (Å²) in [7, 11) is -5.57. The molecule has 0 aromatic heterocycles. The highest BCUT2D eigenvalue weighted by Gasteiger charge is 2.47. The molecule has 0 spiro atoms. The van der Waals surface area contributed by atoms with Crippen LogP contribution in [0.5, 0.6) is 0 Å². The Balaban J connectivity index is 4.58. The van der Waals surface area contributed by atoms with Crippen molar-refractivity contribution in [3.05, 3.63) is 0 Å². The zero-order valence-electron chi connectivity index (χ0n) is 8.47. The van der Waals surface area contributed by atoms with Crippen molar-refractivity contribution in [2.75, 3.05) is 0 Å². The van der Waals surface area contributed by atoms with Crippen LogP contribution in [0.15, 0.2) is 0 Å². The van der Waals surface area contributed by atoms with Crippen LogP contribution in [-0.2, 0) is 14.8 Å². The molecule has 1 N–H and O–H groups in total. The molecule has 0 aromatic carbocycles. The lowest BCUT2D eigenvalue weighted by Crippen LogP contribution is -2.41. The van der Waals surface area contributed by atoms with Crippen LogP contribution in [-0.4, -0.2) is 19.8 Å². The highest BCUT2D eigenvalue weighted by Crippen LogP contribution is 2.23. The summed E-state index contributed by atoms with van der Waals surface area (Å²) in [5.74, 6) is -1.17. The molecule has 0 unspecified atom stereocenters. The highest BCUT2D eigenvalue weighted by atomic mass is 32.2. The van der Waals surface area contributed by atoms with Crippen LogP contribution in [0.3, 0.4) is 0 Å². The van der Waals surface area contributed by atoms with Crippen molar-refractivity contribution < 1.29 is 26.4 Å². The predicted molar refractivity (Wildman–Crippen MR) is 47.2 cm³/mol. The number of hydrogen-bond acceptors (Lipinski definition) is 3. The van der Waals surface area contributed by atoms with Gasteiger partial charge in [-0.15, -0.1) is 0 Å². The minimum absolute atomic E-state index is 0.303. The number of sulfonamides is 1. The number of carbonyl (C=O) groups is 1. The maximum atomic E-state index is 11.8. The molecule has 0 aliphatic carbocycles. The smallest absolute Gasteiger partial charge is 0.274 e. The van der Waals surface area contributed by atoms with Gasteiger partial charge in [-0.25, -0.2) is 4.72 Å². The van der Waals surface area contributed by atoms with Gasteiger partial charge in [0, 0.05) is 6.42 Å². The molecular formula is C7H12F3NO3S. The Kier molecular flexibility index (Phi) is 3.78. The van der Waals surface area contributed by atoms with Crippen LogP contribution in [0.25, 0.3) is 0 Å². The lowest BCUT2D eigenvalue weighted by molar-refractivity contribution is -0.121. The van der Waals surface area contributed by atoms with Crippen molar-refractivity contribution >= 4 is 15.9 Å². The number of nitrogens with one attached hydrogen (secondary N) is 1. The van der Waals surface area contributed by atoms with Crippen LogP contribution in [0.2, 0.25) is 0 Å². The number of alkyl halides is 3. The van der Waals surface area contributed by atoms with E-state index in [0.717, 1.165) is 4.72 Å². The van der Waals surface area contributed by atoms with Gasteiger partial charge in [0.25, 0.3) is 0 Å². The zero-order chi connectivity index (χ0) is 12.5. The Morgan fingerprint density at radius 1 is 1.20 bits per heavy atom. The lowest BCUT2D eigenvalue weighted by Gasteiger charge is -2.17. The maximum Gasteiger partial charge on any atom is 0.516 e. The van der Waals surface area contributed by atoms with Gasteiger partial charge in [-0.05, 0) is 5.41 Å². The predicted octanol–water partition coefficient (Wildman–Crippen LogP) is 1.39. The second-order valence-electron chi connectivity index (χ2n) is 4.21. The number of amides is 1. The molecule has 0 radical (unpaired) electrons. The first kappa shape index (κ1) is 14.2. The largest absolute Gasteiger partial charge is 0.516 e. The standard InChI is InChI=1S/C7H12F3NO3S/c1-6(2,3)4-5(12)11-15(13,14)7(8,9)10/h4H2,1-3H3,(H,11,12). The van der Waals surface area contributed by atoms with E-state index in [9.17, 15) is 26.4 Å². The minimum Gasteiger partial charge on any atom is -0.274 e. The van der Waals surface area contributed by atoms with Crippen LogP contribution in [0, 0.1) is 5.41 Å². The van der Waals surface area contributed by atoms with Gasteiger partial charge in [-0.2, -0.15) is 21.6 Å². The number of rotatable bonds is 2. The summed E-state index contributed by atoms with van der Waals surface area (Å²) >= 11 is 0. The zero-order valence-corrected chi connectivity index (χ0v) is 9.29. The molecule has 0 fully saturated rings. The van der Waals surface area contributed by atoms with Crippen molar-refractivity contribution in [1.82, 2.24) is 4.72 Å². The van der Waals surface area contributed by atoms with E-state index in [-0.39, 0.29) is 6.42 Å². The summed E-state index contributed by atoms with van der Waals surface area (Å²) in [6, 6.07) is 0. The number of halogens is 3. The summed E-state index contributed by atoms with van der Waals surface area (Å²) in [4.78, 5) is 10.9. The molecule has 90 valence electrons. The molecule has 0 saturated carbocycles. The normalized spacial score (nSPS) is 13.7. The van der Waals surface area contributed by atoms with E-state index in [4.69, 9.17) is 0 Å². The van der Waals surface area contributed by atoms with E-state index in [1.807, 2.05) is 0 Å². The Morgan fingerprint density at radius 2 is 1.60 bits per heavy atom. The van der Waals surface area contributed by atoms with Crippen molar-refractivity contribution in [3.63, 3.8) is 0 Å². The maximum absolute atomic E-state index is 11.8. The van der Waals surface area contributed by atoms with Crippen LogP contribution < -0.4 is 4.72 Å². The second kappa shape index (κ2) is 3.99. The van der Waals surface area contributed by atoms with Crippen molar-refractivity contribution in [1.29, 1.82) is 0 Å². The van der Waals surface area contributed by atoms with E-state index in [0.29, 0.717) is 0 Å². The summed E-state index contributed by atoms with van der Waals surface area (Å²) in [5.41, 5.74) is -6.04. The van der Waals surface area contributed by atoms with Gasteiger partial charge in [-0.1, -0.05) is 20.8 Å². The third-order valence-electron chi connectivity index (χ3n) is 1.24. The molecule has 0 aliphatic rings. The van der Waals surface area contributed by atoms with E-state index < -0.39 is 26.9 Å². The molecule has 0 heterocycles. The molecule has 0 rings (SSSR count). The molecule has 0 aromatic rings. The summed E-state index contributed by atoms with van der Waals surface area (Å²) in [6.07, 6.45) is -0.303. The molecule has 15 heavy (non-hydrogen) atoms. The van der Waals surface area contributed by atoms with E-state index in [2.05, 4.69) is 0 Å². The third-order valence-corrected chi connectivity index (χ3v) is 2.35. The average Bonchev–Trinajstić information content (AvgIpc) is 1.75. The minimum atomic E-state index is -5.57. The van der Waals surface area contributed by atoms with Gasteiger partial charge in [0.2, 0.25) is 5.91 Å². The molecular weight excluding hydrogens is 235 g/mol. The van der Waals surface area contributed by atoms with Crippen LogP contribution in [0.1, 0.15) is 27.2 Å². The molecule has 8 heteroatoms. The summed E-state index contributed by atoms with van der Waals surface area (Å²) in [5, 5.41) is 0. The van der Waals surface area contributed by atoms with E-state index in [1.165, 1.54) is 0 Å². The van der Waals surface area contributed by atoms with Crippen molar-refractivity contribution in [2.24, 2.45) is 5.41 Å². The van der Waals surface area contributed by atoms with Gasteiger partial charge in [0.15, 0.2) is 0 Å². The van der Waals surface area contributed by atoms with Crippen molar-refractivity contribution in [2.45, 2.75) is 32.7 Å². The molecule has 0 saturated heterocycles. The fraction of sp³-hybridized carbons (Fsp3) is 0.857. The quantitative estimate of drug-likeness (QED) is 0.802. The molecule has 4 nitrogen and oxygen atoms in total. The Hall–Kier alpha value is -0.790. The topological polar surface area (TPSA) is 63.2 Å². The Morgan fingerprint density at radius 3 is 1.87 bits per heavy atom. The third kappa shape index (κ3) is 5.01. The summed E-state index contributed by atoms with van der Waals surface area (Å²) in [6.45, 7) is 4.81. The molecule has 0 atom stereocenters. The number of carbonyl (C=O) groups excluding carboxylic acids is 1. The molecule has 0 bridgehead atoms. The first-order chi connectivity index (χ1) is 6.35. The van der Waals surface area contributed by atoms with E-state index >= 15 is 0 Å². The first-order valence-corrected chi connectivity index (χ1v) is 5.45.